The van der Waals surface area contributed by atoms with E-state index in [4.69, 9.17) is 0 Å². The van der Waals surface area contributed by atoms with Crippen molar-refractivity contribution in [3.8, 4) is 0 Å². The van der Waals surface area contributed by atoms with Crippen LogP contribution in [0.25, 0.3) is 0 Å². The normalized spacial score (nSPS) is 15.4. The molecule has 0 saturated carbocycles. The highest BCUT2D eigenvalue weighted by molar-refractivity contribution is 9.10. The molecule has 0 radical (unpaired) electrons. The molecule has 1 fully saturated rings. The van der Waals surface area contributed by atoms with Gasteiger partial charge in [0.05, 0.1) is 11.9 Å². The van der Waals surface area contributed by atoms with Crippen LogP contribution in [0.2, 0.25) is 0 Å². The molecular formula is C14H15BrN4O. The first-order chi connectivity index (χ1) is 9.75. The number of aromatic nitrogens is 2. The summed E-state index contributed by atoms with van der Waals surface area (Å²) in [4.78, 5) is 16.1. The monoisotopic (exact) mass is 334 g/mol. The van der Waals surface area contributed by atoms with Gasteiger partial charge in [0.25, 0.3) is 5.56 Å². The molecule has 2 aromatic rings. The highest BCUT2D eigenvalue weighted by Gasteiger charge is 2.20. The molecule has 1 aromatic heterocycles. The lowest BCUT2D eigenvalue weighted by Crippen LogP contribution is -2.47. The molecule has 0 amide bonds. The number of hydrogen-bond acceptors (Lipinski definition) is 4. The third kappa shape index (κ3) is 2.56. The smallest absolute Gasteiger partial charge is 0.280 e. The molecule has 1 aliphatic rings. The standard InChI is InChI=1S/C14H15BrN4O/c15-13-12(10-16-17-14(13)20)19-8-6-18(7-9-19)11-4-2-1-3-5-11/h1-5,10H,6-9H2,(H,17,20). The molecule has 1 saturated heterocycles. The van der Waals surface area contributed by atoms with Gasteiger partial charge in [-0.1, -0.05) is 18.2 Å². The molecule has 104 valence electrons. The van der Waals surface area contributed by atoms with Gasteiger partial charge in [0, 0.05) is 31.9 Å². The first-order valence-corrected chi connectivity index (χ1v) is 7.33. The van der Waals surface area contributed by atoms with E-state index in [1.54, 1.807) is 6.20 Å². The van der Waals surface area contributed by atoms with Gasteiger partial charge in [-0.05, 0) is 28.1 Å². The lowest BCUT2D eigenvalue weighted by molar-refractivity contribution is 0.650. The van der Waals surface area contributed by atoms with Gasteiger partial charge in [-0.15, -0.1) is 0 Å². The molecule has 1 N–H and O–H groups in total. The van der Waals surface area contributed by atoms with Crippen LogP contribution >= 0.6 is 15.9 Å². The number of benzene rings is 1. The summed E-state index contributed by atoms with van der Waals surface area (Å²) in [5, 5.41) is 6.30. The molecule has 6 heteroatoms. The average molecular weight is 335 g/mol. The molecule has 1 aromatic carbocycles. The number of nitrogens with zero attached hydrogens (tertiary/aromatic N) is 3. The van der Waals surface area contributed by atoms with Crippen LogP contribution in [-0.2, 0) is 0 Å². The van der Waals surface area contributed by atoms with E-state index in [-0.39, 0.29) is 5.56 Å². The van der Waals surface area contributed by atoms with Crippen LogP contribution in [0.5, 0.6) is 0 Å². The number of hydrogen-bond donors (Lipinski definition) is 1. The van der Waals surface area contributed by atoms with Crippen molar-refractivity contribution in [2.45, 2.75) is 0 Å². The maximum absolute atomic E-state index is 11.6. The number of H-pyrrole nitrogens is 1. The molecule has 0 spiro atoms. The van der Waals surface area contributed by atoms with Crippen molar-refractivity contribution < 1.29 is 0 Å². The minimum atomic E-state index is -0.187. The zero-order chi connectivity index (χ0) is 13.9. The topological polar surface area (TPSA) is 52.2 Å². The van der Waals surface area contributed by atoms with Gasteiger partial charge in [-0.2, -0.15) is 5.10 Å². The summed E-state index contributed by atoms with van der Waals surface area (Å²) in [6, 6.07) is 10.4. The van der Waals surface area contributed by atoms with Gasteiger partial charge in [-0.3, -0.25) is 4.79 Å². The SMILES string of the molecule is O=c1[nH]ncc(N2CCN(c3ccccc3)CC2)c1Br. The molecule has 0 unspecified atom stereocenters. The molecular weight excluding hydrogens is 320 g/mol. The van der Waals surface area contributed by atoms with Crippen molar-refractivity contribution in [1.29, 1.82) is 0 Å². The Morgan fingerprint density at radius 3 is 2.40 bits per heavy atom. The van der Waals surface area contributed by atoms with E-state index < -0.39 is 0 Å². The number of para-hydroxylation sites is 1. The summed E-state index contributed by atoms with van der Waals surface area (Å²) in [5.41, 5.74) is 1.92. The second kappa shape index (κ2) is 5.66. The van der Waals surface area contributed by atoms with Gasteiger partial charge < -0.3 is 9.80 Å². The van der Waals surface area contributed by atoms with E-state index in [2.05, 4.69) is 60.2 Å². The number of rotatable bonds is 2. The Hall–Kier alpha value is -1.82. The molecule has 1 aliphatic heterocycles. The minimum Gasteiger partial charge on any atom is -0.368 e. The van der Waals surface area contributed by atoms with E-state index in [0.29, 0.717) is 4.47 Å². The number of nitrogens with one attached hydrogen (secondary N) is 1. The zero-order valence-electron chi connectivity index (χ0n) is 10.9. The zero-order valence-corrected chi connectivity index (χ0v) is 12.5. The van der Waals surface area contributed by atoms with E-state index in [1.807, 2.05) is 6.07 Å². The van der Waals surface area contributed by atoms with Gasteiger partial charge in [0.1, 0.15) is 4.47 Å². The molecule has 5 nitrogen and oxygen atoms in total. The number of piperazine rings is 1. The van der Waals surface area contributed by atoms with Gasteiger partial charge in [-0.25, -0.2) is 5.10 Å². The third-order valence-electron chi connectivity index (χ3n) is 3.52. The van der Waals surface area contributed by atoms with Crippen molar-refractivity contribution in [3.05, 3.63) is 51.4 Å². The molecule has 20 heavy (non-hydrogen) atoms. The second-order valence-corrected chi connectivity index (χ2v) is 5.50. The maximum Gasteiger partial charge on any atom is 0.280 e. The van der Waals surface area contributed by atoms with Crippen LogP contribution in [-0.4, -0.2) is 36.4 Å². The highest BCUT2D eigenvalue weighted by Crippen LogP contribution is 2.23. The highest BCUT2D eigenvalue weighted by atomic mass is 79.9. The van der Waals surface area contributed by atoms with Crippen molar-refractivity contribution >= 4 is 27.3 Å². The summed E-state index contributed by atoms with van der Waals surface area (Å²) in [7, 11) is 0. The Morgan fingerprint density at radius 2 is 1.70 bits per heavy atom. The number of anilines is 2. The third-order valence-corrected chi connectivity index (χ3v) is 4.29. The first-order valence-electron chi connectivity index (χ1n) is 6.54. The number of halogens is 1. The molecule has 0 atom stereocenters. The molecule has 0 aliphatic carbocycles. The summed E-state index contributed by atoms with van der Waals surface area (Å²) >= 11 is 3.34. The summed E-state index contributed by atoms with van der Waals surface area (Å²) < 4.78 is 0.556. The quantitative estimate of drug-likeness (QED) is 0.910. The minimum absolute atomic E-state index is 0.187. The molecule has 3 rings (SSSR count). The fraction of sp³-hybridized carbons (Fsp3) is 0.286. The fourth-order valence-corrected chi connectivity index (χ4v) is 2.88. The number of aromatic amines is 1. The molecule has 0 bridgehead atoms. The predicted octanol–water partition coefficient (Wildman–Crippen LogP) is 1.86. The summed E-state index contributed by atoms with van der Waals surface area (Å²) in [6.07, 6.45) is 1.70. The van der Waals surface area contributed by atoms with E-state index in [0.717, 1.165) is 31.9 Å². The first kappa shape index (κ1) is 13.2. The lowest BCUT2D eigenvalue weighted by atomic mass is 10.2. The van der Waals surface area contributed by atoms with Crippen molar-refractivity contribution in [2.24, 2.45) is 0 Å². The summed E-state index contributed by atoms with van der Waals surface area (Å²) in [6.45, 7) is 3.61. The van der Waals surface area contributed by atoms with Gasteiger partial charge >= 0.3 is 0 Å². The Kier molecular flexibility index (Phi) is 3.73. The van der Waals surface area contributed by atoms with E-state index in [1.165, 1.54) is 5.69 Å². The van der Waals surface area contributed by atoms with E-state index >= 15 is 0 Å². The lowest BCUT2D eigenvalue weighted by Gasteiger charge is -2.37. The summed E-state index contributed by atoms with van der Waals surface area (Å²) in [5.74, 6) is 0. The fourth-order valence-electron chi connectivity index (χ4n) is 2.44. The Balaban J connectivity index is 1.73. The van der Waals surface area contributed by atoms with Crippen molar-refractivity contribution in [2.75, 3.05) is 36.0 Å². The average Bonchev–Trinajstić information content (AvgIpc) is 2.51. The molecule has 2 heterocycles. The second-order valence-electron chi connectivity index (χ2n) is 4.71. The van der Waals surface area contributed by atoms with Gasteiger partial charge in [0.2, 0.25) is 0 Å². The van der Waals surface area contributed by atoms with Gasteiger partial charge in [0.15, 0.2) is 0 Å². The van der Waals surface area contributed by atoms with Crippen molar-refractivity contribution in [1.82, 2.24) is 10.2 Å². The van der Waals surface area contributed by atoms with Crippen LogP contribution in [0.4, 0.5) is 11.4 Å². The van der Waals surface area contributed by atoms with Crippen LogP contribution in [0.1, 0.15) is 0 Å². The largest absolute Gasteiger partial charge is 0.368 e. The van der Waals surface area contributed by atoms with Crippen molar-refractivity contribution in [3.63, 3.8) is 0 Å². The Morgan fingerprint density at radius 1 is 1.05 bits per heavy atom. The predicted molar refractivity (Wildman–Crippen MR) is 83.4 cm³/mol. The van der Waals surface area contributed by atoms with Crippen LogP contribution in [0.3, 0.4) is 0 Å². The van der Waals surface area contributed by atoms with Crippen LogP contribution in [0.15, 0.2) is 45.8 Å². The van der Waals surface area contributed by atoms with Crippen LogP contribution in [0, 0.1) is 0 Å². The maximum atomic E-state index is 11.6. The Bertz CT molecular complexity index is 635. The van der Waals surface area contributed by atoms with E-state index in [9.17, 15) is 4.79 Å². The van der Waals surface area contributed by atoms with Crippen LogP contribution < -0.4 is 15.4 Å². The Labute approximate surface area is 125 Å².